The minimum atomic E-state index is -0.255. The van der Waals surface area contributed by atoms with Crippen LogP contribution < -0.4 is 10.6 Å². The van der Waals surface area contributed by atoms with E-state index >= 15 is 0 Å². The van der Waals surface area contributed by atoms with Gasteiger partial charge in [-0.05, 0) is 36.5 Å². The van der Waals surface area contributed by atoms with E-state index in [2.05, 4.69) is 26.2 Å². The molecule has 0 saturated heterocycles. The smallest absolute Gasteiger partial charge is 0.221 e. The Morgan fingerprint density at radius 3 is 2.80 bits per heavy atom. The molecule has 1 unspecified atom stereocenters. The number of hydrogen-bond acceptors (Lipinski definition) is 5. The summed E-state index contributed by atoms with van der Waals surface area (Å²) in [6.45, 7) is 2.50. The van der Waals surface area contributed by atoms with Crippen molar-refractivity contribution in [1.82, 2.24) is 30.8 Å². The summed E-state index contributed by atoms with van der Waals surface area (Å²) >= 11 is 0. The van der Waals surface area contributed by atoms with Gasteiger partial charge in [0, 0.05) is 13.0 Å². The van der Waals surface area contributed by atoms with E-state index in [-0.39, 0.29) is 11.9 Å². The fourth-order valence-electron chi connectivity index (χ4n) is 1.83. The van der Waals surface area contributed by atoms with Gasteiger partial charge < -0.3 is 10.6 Å². The highest BCUT2D eigenvalue weighted by Crippen LogP contribution is 2.13. The van der Waals surface area contributed by atoms with E-state index in [0.29, 0.717) is 18.8 Å². The number of nitrogens with one attached hydrogen (secondary N) is 2. The van der Waals surface area contributed by atoms with Crippen molar-refractivity contribution in [1.29, 1.82) is 0 Å². The average Bonchev–Trinajstić information content (AvgIpc) is 2.95. The van der Waals surface area contributed by atoms with E-state index in [1.54, 1.807) is 4.68 Å². The molecule has 0 fully saturated rings. The maximum Gasteiger partial charge on any atom is 0.221 e. The predicted octanol–water partition coefficient (Wildman–Crippen LogP) is 0.449. The summed E-state index contributed by atoms with van der Waals surface area (Å²) in [5.74, 6) is 0.573. The van der Waals surface area contributed by atoms with Gasteiger partial charge in [0.2, 0.25) is 5.91 Å². The van der Waals surface area contributed by atoms with Crippen LogP contribution in [0.1, 0.15) is 25.2 Å². The van der Waals surface area contributed by atoms with E-state index < -0.39 is 0 Å². The van der Waals surface area contributed by atoms with Gasteiger partial charge in [-0.15, -0.1) is 5.10 Å². The van der Waals surface area contributed by atoms with Crippen molar-refractivity contribution >= 4 is 5.91 Å². The Hall–Kier alpha value is -2.28. The summed E-state index contributed by atoms with van der Waals surface area (Å²) in [7, 11) is 1.81. The maximum absolute atomic E-state index is 11.7. The molecule has 1 aromatic carbocycles. The van der Waals surface area contributed by atoms with Crippen molar-refractivity contribution in [2.24, 2.45) is 0 Å². The van der Waals surface area contributed by atoms with Crippen LogP contribution >= 0.6 is 0 Å². The van der Waals surface area contributed by atoms with Crippen LogP contribution in [0.4, 0.5) is 0 Å². The van der Waals surface area contributed by atoms with Gasteiger partial charge in [0.15, 0.2) is 5.82 Å². The van der Waals surface area contributed by atoms with Crippen LogP contribution in [0.3, 0.4) is 0 Å². The van der Waals surface area contributed by atoms with Crippen LogP contribution in [0.25, 0.3) is 5.69 Å². The summed E-state index contributed by atoms with van der Waals surface area (Å²) < 4.78 is 1.63. The SMILES string of the molecule is CNCCC(=O)NC(C)c1nnnn1-c1ccccc1. The molecule has 0 saturated carbocycles. The molecule has 2 rings (SSSR count). The molecule has 1 amide bonds. The number of rotatable bonds is 6. The molecule has 2 aromatic rings. The molecule has 106 valence electrons. The highest BCUT2D eigenvalue weighted by atomic mass is 16.1. The van der Waals surface area contributed by atoms with Crippen LogP contribution in [-0.4, -0.2) is 39.7 Å². The van der Waals surface area contributed by atoms with E-state index in [0.717, 1.165) is 5.69 Å². The zero-order valence-corrected chi connectivity index (χ0v) is 11.6. The Morgan fingerprint density at radius 2 is 2.10 bits per heavy atom. The van der Waals surface area contributed by atoms with Crippen LogP contribution in [0.15, 0.2) is 30.3 Å². The molecule has 0 radical (unpaired) electrons. The summed E-state index contributed by atoms with van der Waals surface area (Å²) in [5.41, 5.74) is 0.865. The van der Waals surface area contributed by atoms with Gasteiger partial charge in [-0.3, -0.25) is 4.79 Å². The Kier molecular flexibility index (Phi) is 4.78. The first-order valence-corrected chi connectivity index (χ1v) is 6.50. The highest BCUT2D eigenvalue weighted by Gasteiger charge is 2.17. The van der Waals surface area contributed by atoms with E-state index in [9.17, 15) is 4.79 Å². The highest BCUT2D eigenvalue weighted by molar-refractivity contribution is 5.76. The molecule has 1 aromatic heterocycles. The molecule has 7 heteroatoms. The van der Waals surface area contributed by atoms with Crippen LogP contribution in [0.5, 0.6) is 0 Å². The van der Waals surface area contributed by atoms with Crippen molar-refractivity contribution in [3.63, 3.8) is 0 Å². The second-order valence-electron chi connectivity index (χ2n) is 4.43. The number of benzene rings is 1. The Balaban J connectivity index is 2.10. The molecule has 0 bridgehead atoms. The molecule has 1 heterocycles. The first-order chi connectivity index (χ1) is 9.72. The minimum Gasteiger partial charge on any atom is -0.346 e. The third-order valence-corrected chi connectivity index (χ3v) is 2.86. The number of amides is 1. The lowest BCUT2D eigenvalue weighted by Gasteiger charge is -2.13. The third-order valence-electron chi connectivity index (χ3n) is 2.86. The van der Waals surface area contributed by atoms with Crippen molar-refractivity contribution in [2.75, 3.05) is 13.6 Å². The number of aromatic nitrogens is 4. The molecular weight excluding hydrogens is 256 g/mol. The molecule has 7 nitrogen and oxygen atoms in total. The minimum absolute atomic E-state index is 0.0329. The molecule has 0 aliphatic heterocycles. The molecule has 0 aliphatic rings. The van der Waals surface area contributed by atoms with Gasteiger partial charge in [-0.2, -0.15) is 4.68 Å². The van der Waals surface area contributed by atoms with Gasteiger partial charge in [0.25, 0.3) is 0 Å². The Bertz CT molecular complexity index is 553. The molecule has 0 spiro atoms. The second-order valence-corrected chi connectivity index (χ2v) is 4.43. The lowest BCUT2D eigenvalue weighted by Crippen LogP contribution is -2.30. The summed E-state index contributed by atoms with van der Waals surface area (Å²) in [6.07, 6.45) is 0.424. The number of carbonyl (C=O) groups excluding carboxylic acids is 1. The largest absolute Gasteiger partial charge is 0.346 e. The first kappa shape index (κ1) is 14.1. The summed E-state index contributed by atoms with van der Waals surface area (Å²) in [5, 5.41) is 17.5. The monoisotopic (exact) mass is 274 g/mol. The topological polar surface area (TPSA) is 84.7 Å². The fourth-order valence-corrected chi connectivity index (χ4v) is 1.83. The molecule has 0 aliphatic carbocycles. The standard InChI is InChI=1S/C13H18N6O/c1-10(15-12(20)8-9-14-2)13-16-17-18-19(13)11-6-4-3-5-7-11/h3-7,10,14H,8-9H2,1-2H3,(H,15,20). The van der Waals surface area contributed by atoms with Crippen LogP contribution in [0, 0.1) is 0 Å². The number of para-hydroxylation sites is 1. The van der Waals surface area contributed by atoms with Gasteiger partial charge in [-0.1, -0.05) is 18.2 Å². The van der Waals surface area contributed by atoms with E-state index in [4.69, 9.17) is 0 Å². The summed E-state index contributed by atoms with van der Waals surface area (Å²) in [6, 6.07) is 9.32. The van der Waals surface area contributed by atoms with Gasteiger partial charge in [0.05, 0.1) is 11.7 Å². The zero-order chi connectivity index (χ0) is 14.4. The average molecular weight is 274 g/mol. The lowest BCUT2D eigenvalue weighted by atomic mass is 10.2. The number of nitrogens with zero attached hydrogens (tertiary/aromatic N) is 4. The molecule has 1 atom stereocenters. The Morgan fingerprint density at radius 1 is 1.35 bits per heavy atom. The zero-order valence-electron chi connectivity index (χ0n) is 11.6. The molecule has 2 N–H and O–H groups in total. The van der Waals surface area contributed by atoms with Crippen molar-refractivity contribution < 1.29 is 4.79 Å². The van der Waals surface area contributed by atoms with Crippen LogP contribution in [0.2, 0.25) is 0 Å². The van der Waals surface area contributed by atoms with Crippen LogP contribution in [-0.2, 0) is 4.79 Å². The quantitative estimate of drug-likeness (QED) is 0.799. The molecule has 20 heavy (non-hydrogen) atoms. The lowest BCUT2D eigenvalue weighted by molar-refractivity contribution is -0.121. The predicted molar refractivity (Wildman–Crippen MR) is 74.3 cm³/mol. The number of tetrazole rings is 1. The first-order valence-electron chi connectivity index (χ1n) is 6.50. The number of carbonyl (C=O) groups is 1. The Labute approximate surface area is 117 Å². The van der Waals surface area contributed by atoms with E-state index in [1.807, 2.05) is 44.3 Å². The van der Waals surface area contributed by atoms with Crippen molar-refractivity contribution in [3.05, 3.63) is 36.2 Å². The van der Waals surface area contributed by atoms with Gasteiger partial charge >= 0.3 is 0 Å². The van der Waals surface area contributed by atoms with Crippen molar-refractivity contribution in [2.45, 2.75) is 19.4 Å². The summed E-state index contributed by atoms with van der Waals surface area (Å²) in [4.78, 5) is 11.7. The maximum atomic E-state index is 11.7. The van der Waals surface area contributed by atoms with Gasteiger partial charge in [-0.25, -0.2) is 0 Å². The van der Waals surface area contributed by atoms with E-state index in [1.165, 1.54) is 0 Å². The van der Waals surface area contributed by atoms with Crippen molar-refractivity contribution in [3.8, 4) is 5.69 Å². The van der Waals surface area contributed by atoms with Gasteiger partial charge in [0.1, 0.15) is 0 Å². The third kappa shape index (κ3) is 3.39. The second kappa shape index (κ2) is 6.76. The normalized spacial score (nSPS) is 12.1. The number of hydrogen-bond donors (Lipinski definition) is 2. The fraction of sp³-hybridized carbons (Fsp3) is 0.385. The molecular formula is C13H18N6O.